The zero-order chi connectivity index (χ0) is 17.1. The van der Waals surface area contributed by atoms with Crippen LogP contribution in [0.2, 0.25) is 0 Å². The smallest absolute Gasteiger partial charge is 0.362 e. The molecule has 0 spiro atoms. The van der Waals surface area contributed by atoms with Gasteiger partial charge in [0.05, 0.1) is 0 Å². The molecule has 0 aromatic heterocycles. The molecule has 1 atom stereocenters. The third kappa shape index (κ3) is 5.67. The van der Waals surface area contributed by atoms with E-state index >= 15 is 0 Å². The van der Waals surface area contributed by atoms with Crippen LogP contribution in [0.3, 0.4) is 0 Å². The molecule has 0 bridgehead atoms. The average Bonchev–Trinajstić information content (AvgIpc) is 2.55. The summed E-state index contributed by atoms with van der Waals surface area (Å²) in [7, 11) is 0. The highest BCUT2D eigenvalue weighted by Gasteiger charge is 2.47. The fraction of sp³-hybridized carbons (Fsp3) is 0.471. The Balaban J connectivity index is 3.13. The van der Waals surface area contributed by atoms with Crippen LogP contribution in [0.15, 0.2) is 43.0 Å². The molecular formula is C17H24O6. The molecule has 0 fully saturated rings. The van der Waals surface area contributed by atoms with E-state index in [0.717, 1.165) is 6.08 Å². The van der Waals surface area contributed by atoms with Crippen molar-refractivity contribution in [2.24, 2.45) is 0 Å². The largest absolute Gasteiger partial charge is 0.447 e. The van der Waals surface area contributed by atoms with Gasteiger partial charge in [-0.25, -0.2) is 4.79 Å². The van der Waals surface area contributed by atoms with Gasteiger partial charge in [0.25, 0.3) is 0 Å². The van der Waals surface area contributed by atoms with Crippen LogP contribution in [0.4, 0.5) is 0 Å². The van der Waals surface area contributed by atoms with Crippen molar-refractivity contribution in [1.29, 1.82) is 0 Å². The average molecular weight is 324 g/mol. The van der Waals surface area contributed by atoms with E-state index in [1.54, 1.807) is 45.0 Å². The van der Waals surface area contributed by atoms with Crippen molar-refractivity contribution >= 4 is 5.97 Å². The molecule has 0 saturated carbocycles. The molecule has 0 amide bonds. The Morgan fingerprint density at radius 2 is 1.61 bits per heavy atom. The van der Waals surface area contributed by atoms with E-state index in [0.29, 0.717) is 5.75 Å². The highest BCUT2D eigenvalue weighted by Crippen LogP contribution is 2.26. The third-order valence-corrected chi connectivity index (χ3v) is 2.70. The van der Waals surface area contributed by atoms with Crippen molar-refractivity contribution in [2.45, 2.75) is 33.0 Å². The Hall–Kier alpha value is -1.89. The Kier molecular flexibility index (Phi) is 8.32. The lowest BCUT2D eigenvalue weighted by molar-refractivity contribution is -0.436. The summed E-state index contributed by atoms with van der Waals surface area (Å²) in [6, 6.07) is 8.89. The van der Waals surface area contributed by atoms with E-state index in [-0.39, 0.29) is 19.8 Å². The summed E-state index contributed by atoms with van der Waals surface area (Å²) in [6.45, 7) is 9.56. The Morgan fingerprint density at radius 3 is 2.04 bits per heavy atom. The first-order valence-electron chi connectivity index (χ1n) is 7.58. The fourth-order valence-electron chi connectivity index (χ4n) is 1.88. The van der Waals surface area contributed by atoms with Crippen molar-refractivity contribution in [3.8, 4) is 5.75 Å². The molecule has 0 aliphatic carbocycles. The second kappa shape index (κ2) is 9.99. The number of carbonyl (C=O) groups is 1. The summed E-state index contributed by atoms with van der Waals surface area (Å²) in [6.07, 6.45) is -0.217. The minimum absolute atomic E-state index is 0.278. The molecule has 0 N–H and O–H groups in total. The van der Waals surface area contributed by atoms with Crippen molar-refractivity contribution in [3.05, 3.63) is 43.0 Å². The summed E-state index contributed by atoms with van der Waals surface area (Å²) in [5, 5.41) is 0. The van der Waals surface area contributed by atoms with Crippen LogP contribution in [0.5, 0.6) is 5.75 Å². The molecule has 1 aromatic carbocycles. The van der Waals surface area contributed by atoms with Gasteiger partial charge in [-0.1, -0.05) is 24.8 Å². The number of hydrogen-bond acceptors (Lipinski definition) is 6. The first-order valence-corrected chi connectivity index (χ1v) is 7.58. The van der Waals surface area contributed by atoms with Crippen molar-refractivity contribution in [1.82, 2.24) is 0 Å². The van der Waals surface area contributed by atoms with Gasteiger partial charge >= 0.3 is 18.2 Å². The highest BCUT2D eigenvalue weighted by molar-refractivity contribution is 5.81. The Bertz CT molecular complexity index is 456. The number of hydrogen-bond donors (Lipinski definition) is 0. The number of ether oxygens (including phenoxy) is 5. The Labute approximate surface area is 136 Å². The maximum atomic E-state index is 11.7. The minimum atomic E-state index is -1.66. The van der Waals surface area contributed by atoms with E-state index in [4.69, 9.17) is 23.7 Å². The van der Waals surface area contributed by atoms with Crippen LogP contribution in [0, 0.1) is 0 Å². The van der Waals surface area contributed by atoms with Crippen molar-refractivity contribution in [3.63, 3.8) is 0 Å². The zero-order valence-electron chi connectivity index (χ0n) is 13.8. The molecule has 1 rings (SSSR count). The van der Waals surface area contributed by atoms with Gasteiger partial charge in [-0.05, 0) is 32.9 Å². The van der Waals surface area contributed by atoms with Crippen LogP contribution in [0.25, 0.3) is 0 Å². The quantitative estimate of drug-likeness (QED) is 0.354. The van der Waals surface area contributed by atoms with Crippen LogP contribution in [0.1, 0.15) is 20.8 Å². The summed E-state index contributed by atoms with van der Waals surface area (Å²) in [5.74, 6) is -1.85. The monoisotopic (exact) mass is 324 g/mol. The first kappa shape index (κ1) is 19.2. The van der Waals surface area contributed by atoms with Gasteiger partial charge in [0.15, 0.2) is 0 Å². The minimum Gasteiger partial charge on any atom is -0.447 e. The maximum Gasteiger partial charge on any atom is 0.362 e. The molecule has 23 heavy (non-hydrogen) atoms. The molecule has 0 heterocycles. The number of esters is 1. The van der Waals surface area contributed by atoms with Gasteiger partial charge in [0.1, 0.15) is 5.75 Å². The molecule has 0 aliphatic rings. The van der Waals surface area contributed by atoms with E-state index < -0.39 is 18.2 Å². The molecule has 0 radical (unpaired) electrons. The predicted molar refractivity (Wildman–Crippen MR) is 84.8 cm³/mol. The lowest BCUT2D eigenvalue weighted by atomic mass is 10.3. The molecular weight excluding hydrogens is 300 g/mol. The van der Waals surface area contributed by atoms with Gasteiger partial charge in [0, 0.05) is 25.9 Å². The van der Waals surface area contributed by atoms with Crippen LogP contribution >= 0.6 is 0 Å². The van der Waals surface area contributed by atoms with Crippen LogP contribution in [-0.2, 0) is 23.7 Å². The van der Waals surface area contributed by atoms with E-state index in [1.807, 2.05) is 6.07 Å². The van der Waals surface area contributed by atoms with Crippen molar-refractivity contribution < 1.29 is 28.5 Å². The van der Waals surface area contributed by atoms with Crippen LogP contribution < -0.4 is 4.74 Å². The van der Waals surface area contributed by atoms with E-state index in [1.165, 1.54) is 0 Å². The molecule has 0 saturated heterocycles. The Morgan fingerprint density at radius 1 is 1.09 bits per heavy atom. The summed E-state index contributed by atoms with van der Waals surface area (Å²) in [5.41, 5.74) is 0. The molecule has 1 unspecified atom stereocenters. The maximum absolute atomic E-state index is 11.7. The highest BCUT2D eigenvalue weighted by atomic mass is 16.9. The lowest BCUT2D eigenvalue weighted by Gasteiger charge is -2.37. The third-order valence-electron chi connectivity index (χ3n) is 2.70. The zero-order valence-corrected chi connectivity index (χ0v) is 13.8. The van der Waals surface area contributed by atoms with Gasteiger partial charge < -0.3 is 23.7 Å². The number of para-hydroxylation sites is 1. The number of benzene rings is 1. The van der Waals surface area contributed by atoms with Gasteiger partial charge in [-0.15, -0.1) is 0 Å². The van der Waals surface area contributed by atoms with Gasteiger partial charge in [-0.2, -0.15) is 0 Å². The molecule has 1 aromatic rings. The van der Waals surface area contributed by atoms with Gasteiger partial charge in [0.2, 0.25) is 0 Å². The van der Waals surface area contributed by atoms with E-state index in [9.17, 15) is 4.79 Å². The van der Waals surface area contributed by atoms with Crippen LogP contribution in [-0.4, -0.2) is 38.1 Å². The summed E-state index contributed by atoms with van der Waals surface area (Å²) >= 11 is 0. The topological polar surface area (TPSA) is 63.2 Å². The van der Waals surface area contributed by atoms with E-state index in [2.05, 4.69) is 6.58 Å². The molecule has 6 heteroatoms. The molecule has 0 aliphatic heterocycles. The first-order chi connectivity index (χ1) is 11.1. The fourth-order valence-corrected chi connectivity index (χ4v) is 1.88. The lowest BCUT2D eigenvalue weighted by Crippen LogP contribution is -2.54. The van der Waals surface area contributed by atoms with Crippen molar-refractivity contribution in [2.75, 3.05) is 19.8 Å². The summed E-state index contributed by atoms with van der Waals surface area (Å²) in [4.78, 5) is 11.7. The number of rotatable bonds is 11. The molecule has 128 valence electrons. The second-order valence-electron chi connectivity index (χ2n) is 4.31. The van der Waals surface area contributed by atoms with Gasteiger partial charge in [-0.3, -0.25) is 0 Å². The summed E-state index contributed by atoms with van der Waals surface area (Å²) < 4.78 is 27.8. The predicted octanol–water partition coefficient (Wildman–Crippen LogP) is 2.88. The SMILES string of the molecule is C=CC(=O)OC(Oc1ccccc1)C(OCC)(OCC)OCC. The normalized spacial score (nSPS) is 12.5. The molecule has 6 nitrogen and oxygen atoms in total. The second-order valence-corrected chi connectivity index (χ2v) is 4.31. The number of carbonyl (C=O) groups excluding carboxylic acids is 1. The standard InChI is InChI=1S/C17H24O6/c1-5-15(18)23-16(22-14-12-10-9-11-13-14)17(19-6-2,20-7-3)21-8-4/h5,9-13,16H,1,6-8H2,2-4H3.